The number of nitrogens with zero attached hydrogens (tertiary/aromatic N) is 2. The molecule has 34 heavy (non-hydrogen) atoms. The lowest BCUT2D eigenvalue weighted by atomic mass is 10.0. The zero-order valence-corrected chi connectivity index (χ0v) is 20.2. The van der Waals surface area contributed by atoms with Crippen LogP contribution in [0.1, 0.15) is 11.5 Å². The van der Waals surface area contributed by atoms with E-state index in [-0.39, 0.29) is 12.5 Å². The lowest BCUT2D eigenvalue weighted by Gasteiger charge is -2.37. The smallest absolute Gasteiger partial charge is 0.254 e. The van der Waals surface area contributed by atoms with Crippen molar-refractivity contribution in [3.05, 3.63) is 76.2 Å². The number of halogens is 1. The highest BCUT2D eigenvalue weighted by molar-refractivity contribution is 8.03. The summed E-state index contributed by atoms with van der Waals surface area (Å²) < 4.78 is 0. The van der Waals surface area contributed by atoms with Crippen LogP contribution in [-0.2, 0) is 9.59 Å². The number of nitrogens with one attached hydrogen (secondary N) is 1. The molecule has 2 aromatic carbocycles. The van der Waals surface area contributed by atoms with Gasteiger partial charge in [-0.1, -0.05) is 60.1 Å². The minimum Gasteiger partial charge on any atom is -0.380 e. The van der Waals surface area contributed by atoms with Crippen LogP contribution in [0, 0.1) is 0 Å². The first-order chi connectivity index (χ1) is 16.4. The number of benzene rings is 2. The zero-order chi connectivity index (χ0) is 24.1. The van der Waals surface area contributed by atoms with Crippen molar-refractivity contribution >= 4 is 40.9 Å². The summed E-state index contributed by atoms with van der Waals surface area (Å²) in [6.45, 7) is 2.05. The molecule has 7 nitrogen and oxygen atoms in total. The number of thioether (sulfide) groups is 1. The Morgan fingerprint density at radius 2 is 1.68 bits per heavy atom. The van der Waals surface area contributed by atoms with Crippen LogP contribution >= 0.6 is 23.4 Å². The molecule has 1 fully saturated rings. The van der Waals surface area contributed by atoms with Gasteiger partial charge in [0.1, 0.15) is 0 Å². The third-order valence-electron chi connectivity index (χ3n) is 6.11. The number of rotatable bonds is 7. The van der Waals surface area contributed by atoms with Gasteiger partial charge in [0, 0.05) is 49.3 Å². The first-order valence-corrected chi connectivity index (χ1v) is 12.6. The zero-order valence-electron chi connectivity index (χ0n) is 18.6. The second-order valence-corrected chi connectivity index (χ2v) is 9.89. The Kier molecular flexibility index (Phi) is 8.15. The van der Waals surface area contributed by atoms with Gasteiger partial charge in [0.25, 0.3) is 11.8 Å². The van der Waals surface area contributed by atoms with Gasteiger partial charge in [-0.05, 0) is 17.7 Å². The highest BCUT2D eigenvalue weighted by atomic mass is 35.5. The monoisotopic (exact) mass is 501 g/mol. The largest absolute Gasteiger partial charge is 0.380 e. The number of aliphatic hydroxyl groups is 2. The van der Waals surface area contributed by atoms with E-state index in [0.717, 1.165) is 16.3 Å². The van der Waals surface area contributed by atoms with Crippen LogP contribution in [0.25, 0.3) is 0 Å². The molecular formula is C25H28ClN3O4S. The van der Waals surface area contributed by atoms with E-state index in [1.807, 2.05) is 42.5 Å². The van der Waals surface area contributed by atoms with Crippen LogP contribution in [-0.4, -0.2) is 77.6 Å². The average Bonchev–Trinajstić information content (AvgIpc) is 3.36. The van der Waals surface area contributed by atoms with Crippen LogP contribution in [0.15, 0.2) is 65.6 Å². The van der Waals surface area contributed by atoms with Gasteiger partial charge in [-0.25, -0.2) is 0 Å². The van der Waals surface area contributed by atoms with Crippen molar-refractivity contribution in [3.8, 4) is 0 Å². The third kappa shape index (κ3) is 5.75. The summed E-state index contributed by atoms with van der Waals surface area (Å²) in [6, 6.07) is 17.6. The summed E-state index contributed by atoms with van der Waals surface area (Å²) in [7, 11) is 0. The maximum Gasteiger partial charge on any atom is 0.254 e. The van der Waals surface area contributed by atoms with Crippen molar-refractivity contribution in [1.29, 1.82) is 0 Å². The number of piperazine rings is 1. The van der Waals surface area contributed by atoms with E-state index in [1.165, 1.54) is 10.5 Å². The molecule has 0 radical (unpaired) electrons. The molecule has 0 spiro atoms. The molecular weight excluding hydrogens is 474 g/mol. The number of hydrogen-bond donors (Lipinski definition) is 3. The molecule has 0 aliphatic carbocycles. The number of carbonyl (C=O) groups is 2. The fourth-order valence-electron chi connectivity index (χ4n) is 4.14. The lowest BCUT2D eigenvalue weighted by molar-refractivity contribution is -0.153. The topological polar surface area (TPSA) is 93.1 Å². The number of allylic oxidation sites excluding steroid dienone is 1. The Morgan fingerprint density at radius 3 is 2.38 bits per heavy atom. The summed E-state index contributed by atoms with van der Waals surface area (Å²) in [4.78, 5) is 29.6. The predicted molar refractivity (Wildman–Crippen MR) is 135 cm³/mol. The number of aliphatic hydroxyl groups excluding tert-OH is 2. The molecule has 180 valence electrons. The second kappa shape index (κ2) is 11.3. The summed E-state index contributed by atoms with van der Waals surface area (Å²) in [5.41, 5.74) is 2.11. The number of para-hydroxylation sites is 1. The van der Waals surface area contributed by atoms with Crippen molar-refractivity contribution < 1.29 is 19.8 Å². The van der Waals surface area contributed by atoms with Gasteiger partial charge in [-0.2, -0.15) is 0 Å². The molecule has 2 amide bonds. The molecule has 0 saturated carbocycles. The van der Waals surface area contributed by atoms with Crippen molar-refractivity contribution in [2.75, 3.05) is 43.4 Å². The molecule has 2 heterocycles. The fourth-order valence-corrected chi connectivity index (χ4v) is 5.51. The van der Waals surface area contributed by atoms with E-state index >= 15 is 0 Å². The van der Waals surface area contributed by atoms with Crippen molar-refractivity contribution in [2.45, 2.75) is 18.1 Å². The molecule has 0 bridgehead atoms. The lowest BCUT2D eigenvalue weighted by Crippen LogP contribution is -2.55. The average molecular weight is 502 g/mol. The highest BCUT2D eigenvalue weighted by Gasteiger charge is 2.35. The number of anilines is 1. The van der Waals surface area contributed by atoms with E-state index < -0.39 is 24.0 Å². The number of amides is 2. The molecule has 2 aliphatic heterocycles. The predicted octanol–water partition coefficient (Wildman–Crippen LogP) is 2.24. The molecule has 1 unspecified atom stereocenters. The van der Waals surface area contributed by atoms with Gasteiger partial charge in [0.05, 0.1) is 10.7 Å². The normalized spacial score (nSPS) is 20.0. The van der Waals surface area contributed by atoms with Crippen LogP contribution in [0.4, 0.5) is 5.69 Å². The number of hydrogen-bond acceptors (Lipinski definition) is 6. The Hall–Kier alpha value is -2.52. The summed E-state index contributed by atoms with van der Waals surface area (Å²) in [6.07, 6.45) is -1.53. The van der Waals surface area contributed by atoms with Gasteiger partial charge < -0.3 is 25.3 Å². The quantitative estimate of drug-likeness (QED) is 0.539. The van der Waals surface area contributed by atoms with Crippen molar-refractivity contribution in [1.82, 2.24) is 10.2 Å². The Labute approximate surface area is 208 Å². The summed E-state index contributed by atoms with van der Waals surface area (Å²) in [5.74, 6) is -0.251. The van der Waals surface area contributed by atoms with E-state index in [4.69, 9.17) is 11.6 Å². The molecule has 2 aromatic rings. The van der Waals surface area contributed by atoms with Crippen molar-refractivity contribution in [2.24, 2.45) is 0 Å². The van der Waals surface area contributed by atoms with Gasteiger partial charge in [0.2, 0.25) is 0 Å². The van der Waals surface area contributed by atoms with E-state index in [2.05, 4.69) is 28.4 Å². The Bertz CT molecular complexity index is 1040. The number of carbonyl (C=O) groups excluding carboxylic acids is 2. The van der Waals surface area contributed by atoms with Crippen LogP contribution in [0.2, 0.25) is 5.02 Å². The van der Waals surface area contributed by atoms with Crippen LogP contribution in [0.5, 0.6) is 0 Å². The van der Waals surface area contributed by atoms with E-state index in [9.17, 15) is 19.8 Å². The minimum atomic E-state index is -1.83. The van der Waals surface area contributed by atoms with Crippen molar-refractivity contribution in [3.63, 3.8) is 0 Å². The van der Waals surface area contributed by atoms with Gasteiger partial charge >= 0.3 is 0 Å². The second-order valence-electron chi connectivity index (χ2n) is 8.33. The van der Waals surface area contributed by atoms with Gasteiger partial charge in [-0.3, -0.25) is 9.59 Å². The standard InChI is InChI=1S/C25H28ClN3O4S/c26-20-8-4-5-9-21(20)28-10-12-29(13-11-28)25(33)23(31)22(30)24(32)27-15-19-14-18(16-34-19)17-6-2-1-3-7-17/h1-9,14,18,22-23,30-31H,10-13,15-16H2,(H,27,32)/t18?,22-,23-/m1/s1. The maximum absolute atomic E-state index is 12.7. The molecule has 3 atom stereocenters. The fraction of sp³-hybridized carbons (Fsp3) is 0.360. The molecule has 2 aliphatic rings. The highest BCUT2D eigenvalue weighted by Crippen LogP contribution is 2.35. The first kappa shape index (κ1) is 24.6. The van der Waals surface area contributed by atoms with Gasteiger partial charge in [-0.15, -0.1) is 11.8 Å². The first-order valence-electron chi connectivity index (χ1n) is 11.2. The van der Waals surface area contributed by atoms with Crippen LogP contribution in [0.3, 0.4) is 0 Å². The van der Waals surface area contributed by atoms with Gasteiger partial charge in [0.15, 0.2) is 12.2 Å². The van der Waals surface area contributed by atoms with E-state index in [1.54, 1.807) is 11.8 Å². The summed E-state index contributed by atoms with van der Waals surface area (Å²) >= 11 is 7.90. The molecule has 9 heteroatoms. The Balaban J connectivity index is 1.25. The molecule has 4 rings (SSSR count). The molecule has 0 aromatic heterocycles. The third-order valence-corrected chi connectivity index (χ3v) is 7.60. The molecule has 1 saturated heterocycles. The Morgan fingerprint density at radius 1 is 1.00 bits per heavy atom. The maximum atomic E-state index is 12.7. The molecule has 3 N–H and O–H groups in total. The summed E-state index contributed by atoms with van der Waals surface area (Å²) in [5, 5.41) is 23.9. The SMILES string of the molecule is O=C(NCC1=CC(c2ccccc2)CS1)[C@H](O)[C@@H](O)C(=O)N1CCN(c2ccccc2Cl)CC1. The van der Waals surface area contributed by atoms with Crippen LogP contribution < -0.4 is 10.2 Å². The van der Waals surface area contributed by atoms with E-state index in [0.29, 0.717) is 31.2 Å². The minimum absolute atomic E-state index is 0.251.